The van der Waals surface area contributed by atoms with E-state index < -0.39 is 0 Å². The molecule has 1 aliphatic heterocycles. The predicted octanol–water partition coefficient (Wildman–Crippen LogP) is 1.51. The second-order valence-electron chi connectivity index (χ2n) is 6.14. The third kappa shape index (κ3) is 3.93. The minimum absolute atomic E-state index is 0.0699. The smallest absolute Gasteiger partial charge is 0.237 e. The maximum Gasteiger partial charge on any atom is 0.237 e. The van der Waals surface area contributed by atoms with E-state index in [4.69, 9.17) is 0 Å². The van der Waals surface area contributed by atoms with Crippen molar-refractivity contribution in [3.05, 3.63) is 0 Å². The Bertz CT molecular complexity index is 289. The summed E-state index contributed by atoms with van der Waals surface area (Å²) in [6.07, 6.45) is 8.58. The van der Waals surface area contributed by atoms with Gasteiger partial charge in [-0.05, 0) is 46.2 Å². The van der Waals surface area contributed by atoms with E-state index >= 15 is 0 Å². The molecule has 0 aromatic carbocycles. The summed E-state index contributed by atoms with van der Waals surface area (Å²) < 4.78 is 0. The van der Waals surface area contributed by atoms with E-state index in [9.17, 15) is 4.79 Å². The fourth-order valence-corrected chi connectivity index (χ4v) is 3.49. The molecule has 1 amide bonds. The van der Waals surface area contributed by atoms with Gasteiger partial charge in [0.15, 0.2) is 0 Å². The Hall–Kier alpha value is -0.610. The van der Waals surface area contributed by atoms with Crippen LogP contribution in [0.15, 0.2) is 0 Å². The highest BCUT2D eigenvalue weighted by atomic mass is 16.2. The molecule has 4 nitrogen and oxygen atoms in total. The molecule has 19 heavy (non-hydrogen) atoms. The monoisotopic (exact) mass is 267 g/mol. The summed E-state index contributed by atoms with van der Waals surface area (Å²) in [6, 6.07) is 1.02. The molecule has 1 saturated heterocycles. The normalized spacial score (nSPS) is 30.9. The highest BCUT2D eigenvalue weighted by Crippen LogP contribution is 2.26. The van der Waals surface area contributed by atoms with Crippen LogP contribution < -0.4 is 10.6 Å². The van der Waals surface area contributed by atoms with Crippen LogP contribution in [0.1, 0.15) is 51.9 Å². The average Bonchev–Trinajstić information content (AvgIpc) is 2.56. The van der Waals surface area contributed by atoms with Crippen molar-refractivity contribution in [2.24, 2.45) is 0 Å². The van der Waals surface area contributed by atoms with Crippen LogP contribution in [0.4, 0.5) is 0 Å². The van der Waals surface area contributed by atoms with Gasteiger partial charge >= 0.3 is 0 Å². The Balaban J connectivity index is 2.06. The Morgan fingerprint density at radius 3 is 2.68 bits per heavy atom. The van der Waals surface area contributed by atoms with Crippen molar-refractivity contribution in [1.29, 1.82) is 0 Å². The number of carbonyl (C=O) groups is 1. The van der Waals surface area contributed by atoms with Crippen molar-refractivity contribution >= 4 is 5.91 Å². The average molecular weight is 267 g/mol. The third-order valence-corrected chi connectivity index (χ3v) is 4.62. The summed E-state index contributed by atoms with van der Waals surface area (Å²) in [5, 5.41) is 6.35. The lowest BCUT2D eigenvalue weighted by Crippen LogP contribution is -2.50. The van der Waals surface area contributed by atoms with Gasteiger partial charge in [-0.15, -0.1) is 0 Å². The zero-order valence-electron chi connectivity index (χ0n) is 12.5. The lowest BCUT2D eigenvalue weighted by molar-refractivity contribution is -0.127. The van der Waals surface area contributed by atoms with E-state index in [0.717, 1.165) is 25.9 Å². The zero-order chi connectivity index (χ0) is 13.7. The van der Waals surface area contributed by atoms with E-state index in [0.29, 0.717) is 12.1 Å². The van der Waals surface area contributed by atoms with Gasteiger partial charge in [-0.3, -0.25) is 9.69 Å². The molecular weight excluding hydrogens is 238 g/mol. The molecule has 2 unspecified atom stereocenters. The molecule has 1 saturated carbocycles. The molecule has 2 rings (SSSR count). The lowest BCUT2D eigenvalue weighted by atomic mass is 9.92. The number of nitrogens with zero attached hydrogens (tertiary/aromatic N) is 1. The first-order valence-corrected chi connectivity index (χ1v) is 7.93. The predicted molar refractivity (Wildman–Crippen MR) is 78.1 cm³/mol. The van der Waals surface area contributed by atoms with Gasteiger partial charge in [0, 0.05) is 18.6 Å². The summed E-state index contributed by atoms with van der Waals surface area (Å²) in [6.45, 7) is 4.10. The quantitative estimate of drug-likeness (QED) is 0.811. The molecule has 4 heteroatoms. The Kier molecular flexibility index (Phi) is 5.64. The number of rotatable bonds is 4. The summed E-state index contributed by atoms with van der Waals surface area (Å²) in [4.78, 5) is 14.9. The summed E-state index contributed by atoms with van der Waals surface area (Å²) in [7, 11) is 1.96. The molecule has 0 aromatic rings. The molecule has 2 fully saturated rings. The van der Waals surface area contributed by atoms with Gasteiger partial charge in [-0.2, -0.15) is 0 Å². The first-order chi connectivity index (χ1) is 9.22. The first kappa shape index (κ1) is 14.8. The lowest BCUT2D eigenvalue weighted by Gasteiger charge is -2.37. The largest absolute Gasteiger partial charge is 0.352 e. The number of amides is 1. The van der Waals surface area contributed by atoms with Gasteiger partial charge in [0.25, 0.3) is 0 Å². The van der Waals surface area contributed by atoms with E-state index in [1.165, 1.54) is 32.1 Å². The summed E-state index contributed by atoms with van der Waals surface area (Å²) in [5.74, 6) is 0.242. The van der Waals surface area contributed by atoms with E-state index in [2.05, 4.69) is 22.5 Å². The van der Waals surface area contributed by atoms with Crippen LogP contribution in [-0.4, -0.2) is 49.1 Å². The molecule has 2 atom stereocenters. The molecule has 0 aromatic heterocycles. The Morgan fingerprint density at radius 2 is 2.00 bits per heavy atom. The molecule has 1 aliphatic carbocycles. The molecule has 2 aliphatic rings. The zero-order valence-corrected chi connectivity index (χ0v) is 12.5. The van der Waals surface area contributed by atoms with Crippen LogP contribution in [0.5, 0.6) is 0 Å². The van der Waals surface area contributed by atoms with Gasteiger partial charge < -0.3 is 10.6 Å². The van der Waals surface area contributed by atoms with Gasteiger partial charge in [0.1, 0.15) is 0 Å². The molecule has 1 heterocycles. The molecule has 0 bridgehead atoms. The fraction of sp³-hybridized carbons (Fsp3) is 0.933. The van der Waals surface area contributed by atoms with Crippen LogP contribution in [0.3, 0.4) is 0 Å². The van der Waals surface area contributed by atoms with Gasteiger partial charge in [-0.1, -0.05) is 19.3 Å². The topological polar surface area (TPSA) is 44.4 Å². The minimum Gasteiger partial charge on any atom is -0.352 e. The molecular formula is C15H29N3O. The fourth-order valence-electron chi connectivity index (χ4n) is 3.49. The highest BCUT2D eigenvalue weighted by molar-refractivity contribution is 5.82. The molecule has 0 radical (unpaired) electrons. The van der Waals surface area contributed by atoms with Crippen LogP contribution in [0, 0.1) is 0 Å². The Labute approximate surface area is 117 Å². The van der Waals surface area contributed by atoms with Crippen molar-refractivity contribution in [1.82, 2.24) is 15.5 Å². The summed E-state index contributed by atoms with van der Waals surface area (Å²) >= 11 is 0. The molecule has 0 spiro atoms. The van der Waals surface area contributed by atoms with Crippen LogP contribution in [0.25, 0.3) is 0 Å². The maximum atomic E-state index is 12.4. The van der Waals surface area contributed by atoms with E-state index in [1.807, 2.05) is 7.05 Å². The minimum atomic E-state index is 0.0699. The number of nitrogens with one attached hydrogen (secondary N) is 2. The number of carbonyl (C=O) groups excluding carboxylic acids is 1. The van der Waals surface area contributed by atoms with Crippen molar-refractivity contribution in [2.45, 2.75) is 70.0 Å². The molecule has 110 valence electrons. The van der Waals surface area contributed by atoms with E-state index in [-0.39, 0.29) is 11.9 Å². The summed E-state index contributed by atoms with van der Waals surface area (Å²) in [5.41, 5.74) is 0. The first-order valence-electron chi connectivity index (χ1n) is 7.93. The van der Waals surface area contributed by atoms with Crippen molar-refractivity contribution in [3.8, 4) is 0 Å². The van der Waals surface area contributed by atoms with Crippen molar-refractivity contribution in [3.63, 3.8) is 0 Å². The van der Waals surface area contributed by atoms with Crippen LogP contribution in [-0.2, 0) is 4.79 Å². The highest BCUT2D eigenvalue weighted by Gasteiger charge is 2.34. The van der Waals surface area contributed by atoms with Gasteiger partial charge in [0.05, 0.1) is 6.04 Å². The second-order valence-corrected chi connectivity index (χ2v) is 6.14. The van der Waals surface area contributed by atoms with E-state index in [1.54, 1.807) is 0 Å². The van der Waals surface area contributed by atoms with Crippen molar-refractivity contribution in [2.75, 3.05) is 20.1 Å². The molecule has 2 N–H and O–H groups in total. The number of hydrogen-bond acceptors (Lipinski definition) is 3. The van der Waals surface area contributed by atoms with Crippen LogP contribution in [0.2, 0.25) is 0 Å². The number of hydrogen-bond donors (Lipinski definition) is 2. The van der Waals surface area contributed by atoms with Crippen molar-refractivity contribution < 1.29 is 4.79 Å². The van der Waals surface area contributed by atoms with Gasteiger partial charge in [-0.25, -0.2) is 0 Å². The second kappa shape index (κ2) is 7.25. The standard InChI is InChI=1S/C15H29N3O/c1-12-9-11-18(13-6-4-3-5-7-13)14(8-10-16-2)15(19)17-12/h12-14,16H,3-11H2,1-2H3,(H,17,19). The SMILES string of the molecule is CNCCC1C(=O)NC(C)CCN1C1CCCCC1. The van der Waals surface area contributed by atoms with Crippen LogP contribution >= 0.6 is 0 Å². The van der Waals surface area contributed by atoms with Gasteiger partial charge in [0.2, 0.25) is 5.91 Å². The maximum absolute atomic E-state index is 12.4. The Morgan fingerprint density at radius 1 is 1.26 bits per heavy atom. The third-order valence-electron chi connectivity index (χ3n) is 4.62.